The van der Waals surface area contributed by atoms with E-state index in [2.05, 4.69) is 11.4 Å². The average Bonchev–Trinajstić information content (AvgIpc) is 3.61. The second-order valence-corrected chi connectivity index (χ2v) is 11.3. The third-order valence-electron chi connectivity index (χ3n) is 7.35. The molecule has 8 heteroatoms. The zero-order valence-corrected chi connectivity index (χ0v) is 22.9. The summed E-state index contributed by atoms with van der Waals surface area (Å²) in [5, 5.41) is 13.4. The van der Waals surface area contributed by atoms with E-state index in [-0.39, 0.29) is 17.6 Å². The smallest absolute Gasteiger partial charge is 0.223 e. The van der Waals surface area contributed by atoms with Gasteiger partial charge in [-0.25, -0.2) is 18.4 Å². The summed E-state index contributed by atoms with van der Waals surface area (Å²) in [5.41, 5.74) is 3.61. The van der Waals surface area contributed by atoms with Crippen molar-refractivity contribution >= 4 is 16.9 Å². The van der Waals surface area contributed by atoms with E-state index in [1.807, 2.05) is 16.8 Å². The van der Waals surface area contributed by atoms with Gasteiger partial charge in [0.1, 0.15) is 16.8 Å². The first kappa shape index (κ1) is 28.2. The minimum absolute atomic E-state index is 0.261. The van der Waals surface area contributed by atoms with Crippen molar-refractivity contribution in [3.63, 3.8) is 0 Å². The monoisotopic (exact) mass is 538 g/mol. The van der Waals surface area contributed by atoms with Crippen molar-refractivity contribution in [3.8, 4) is 16.9 Å². The molecule has 1 amide bonds. The molecule has 1 aliphatic carbocycles. The van der Waals surface area contributed by atoms with Gasteiger partial charge in [-0.05, 0) is 86.7 Å². The topological polar surface area (TPSA) is 90.0 Å². The third-order valence-corrected chi connectivity index (χ3v) is 8.09. The van der Waals surface area contributed by atoms with Crippen LogP contribution in [-0.2, 0) is 22.2 Å². The maximum absolute atomic E-state index is 13.5. The van der Waals surface area contributed by atoms with Crippen molar-refractivity contribution in [2.75, 3.05) is 6.54 Å². The lowest BCUT2D eigenvalue weighted by molar-refractivity contribution is -0.124. The number of amides is 1. The SMILES string of the molecule is NS(=O)c1ccc(-n2nc(CCCCCCCCCNC(=O)C3CCCC3)cc2-c2ccc(F)cc2)cc1. The van der Waals surface area contributed by atoms with E-state index in [4.69, 9.17) is 10.2 Å². The predicted octanol–water partition coefficient (Wildman–Crippen LogP) is 6.24. The van der Waals surface area contributed by atoms with E-state index < -0.39 is 11.0 Å². The second-order valence-electron chi connectivity index (χ2n) is 10.2. The lowest BCUT2D eigenvalue weighted by Gasteiger charge is -2.10. The van der Waals surface area contributed by atoms with Crippen LogP contribution in [0.3, 0.4) is 0 Å². The van der Waals surface area contributed by atoms with Gasteiger partial charge >= 0.3 is 0 Å². The van der Waals surface area contributed by atoms with Crippen LogP contribution in [0.15, 0.2) is 59.5 Å². The molecule has 1 heterocycles. The van der Waals surface area contributed by atoms with Gasteiger partial charge < -0.3 is 5.32 Å². The fourth-order valence-corrected chi connectivity index (χ4v) is 5.56. The lowest BCUT2D eigenvalue weighted by Crippen LogP contribution is -2.30. The van der Waals surface area contributed by atoms with Crippen LogP contribution in [0.1, 0.15) is 76.3 Å². The van der Waals surface area contributed by atoms with Crippen molar-refractivity contribution in [2.45, 2.75) is 81.9 Å². The van der Waals surface area contributed by atoms with Gasteiger partial charge in [-0.1, -0.05) is 44.9 Å². The Morgan fingerprint density at radius 1 is 0.947 bits per heavy atom. The highest BCUT2D eigenvalue weighted by Crippen LogP contribution is 2.26. The molecular weight excluding hydrogens is 499 g/mol. The summed E-state index contributed by atoms with van der Waals surface area (Å²) in [4.78, 5) is 12.6. The summed E-state index contributed by atoms with van der Waals surface area (Å²) < 4.78 is 26.9. The molecule has 1 atom stereocenters. The van der Waals surface area contributed by atoms with Gasteiger partial charge in [0.25, 0.3) is 0 Å². The fraction of sp³-hybridized carbons (Fsp3) is 0.467. The van der Waals surface area contributed by atoms with Gasteiger partial charge in [0.2, 0.25) is 5.91 Å². The van der Waals surface area contributed by atoms with Gasteiger partial charge in [-0.2, -0.15) is 5.10 Å². The van der Waals surface area contributed by atoms with Crippen LogP contribution in [0.25, 0.3) is 16.9 Å². The van der Waals surface area contributed by atoms with Crippen molar-refractivity contribution < 1.29 is 13.4 Å². The van der Waals surface area contributed by atoms with Gasteiger partial charge in [0.15, 0.2) is 0 Å². The number of nitrogens with one attached hydrogen (secondary N) is 1. The third kappa shape index (κ3) is 8.08. The zero-order chi connectivity index (χ0) is 26.7. The van der Waals surface area contributed by atoms with Gasteiger partial charge in [-0.3, -0.25) is 4.79 Å². The number of benzene rings is 2. The highest BCUT2D eigenvalue weighted by molar-refractivity contribution is 7.82. The number of carbonyl (C=O) groups is 1. The number of unbranched alkanes of at least 4 members (excludes halogenated alkanes) is 6. The van der Waals surface area contributed by atoms with Crippen LogP contribution in [-0.4, -0.2) is 26.4 Å². The van der Waals surface area contributed by atoms with Gasteiger partial charge in [-0.15, -0.1) is 0 Å². The van der Waals surface area contributed by atoms with Gasteiger partial charge in [0, 0.05) is 18.0 Å². The molecule has 1 saturated carbocycles. The summed E-state index contributed by atoms with van der Waals surface area (Å²) in [6.07, 6.45) is 13.4. The summed E-state index contributed by atoms with van der Waals surface area (Å²) in [6, 6.07) is 15.7. The van der Waals surface area contributed by atoms with Crippen LogP contribution in [0.4, 0.5) is 4.39 Å². The molecule has 4 rings (SSSR count). The molecule has 2 aromatic carbocycles. The Morgan fingerprint density at radius 3 is 2.24 bits per heavy atom. The normalized spacial score (nSPS) is 14.6. The summed E-state index contributed by atoms with van der Waals surface area (Å²) in [6.45, 7) is 0.807. The Morgan fingerprint density at radius 2 is 1.58 bits per heavy atom. The number of aryl methyl sites for hydroxylation is 1. The highest BCUT2D eigenvalue weighted by Gasteiger charge is 2.21. The molecule has 204 valence electrons. The summed E-state index contributed by atoms with van der Waals surface area (Å²) in [5.74, 6) is 0.247. The largest absolute Gasteiger partial charge is 0.356 e. The van der Waals surface area contributed by atoms with Crippen LogP contribution >= 0.6 is 0 Å². The Labute approximate surface area is 227 Å². The highest BCUT2D eigenvalue weighted by atomic mass is 32.2. The molecular formula is C30H39FN4O2S. The van der Waals surface area contributed by atoms with Crippen LogP contribution < -0.4 is 10.5 Å². The molecule has 0 saturated heterocycles. The Hall–Kier alpha value is -2.84. The zero-order valence-electron chi connectivity index (χ0n) is 22.0. The second kappa shape index (κ2) is 14.4. The molecule has 6 nitrogen and oxygen atoms in total. The van der Waals surface area contributed by atoms with E-state index in [1.54, 1.807) is 24.3 Å². The maximum atomic E-state index is 13.5. The average molecular weight is 539 g/mol. The Balaban J connectivity index is 1.22. The first-order chi connectivity index (χ1) is 18.5. The molecule has 0 radical (unpaired) electrons. The van der Waals surface area contributed by atoms with E-state index in [9.17, 15) is 13.4 Å². The van der Waals surface area contributed by atoms with E-state index >= 15 is 0 Å². The molecule has 3 aromatic rings. The molecule has 0 spiro atoms. The fourth-order valence-electron chi connectivity index (χ4n) is 5.16. The minimum Gasteiger partial charge on any atom is -0.356 e. The van der Waals surface area contributed by atoms with Gasteiger partial charge in [0.05, 0.1) is 22.0 Å². The molecule has 1 aliphatic rings. The Kier molecular flexibility index (Phi) is 10.6. The number of hydrogen-bond acceptors (Lipinski definition) is 3. The Bertz CT molecular complexity index is 1190. The minimum atomic E-state index is -1.53. The number of hydrogen-bond donors (Lipinski definition) is 2. The first-order valence-corrected chi connectivity index (χ1v) is 15.1. The predicted molar refractivity (Wildman–Crippen MR) is 151 cm³/mol. The van der Waals surface area contributed by atoms with E-state index in [0.717, 1.165) is 74.1 Å². The standard InChI is InChI=1S/C30H39FN4O2S/c31-25-15-13-23(14-16-25)29-22-26(34-35(29)27-17-19-28(20-18-27)38(32)37)12-6-4-2-1-3-5-9-21-33-30(36)24-10-7-8-11-24/h13-20,22,24H,1-12,21,32H2,(H,33,36). The molecule has 1 unspecified atom stereocenters. The number of nitrogens with two attached hydrogens (primary N) is 1. The molecule has 38 heavy (non-hydrogen) atoms. The lowest BCUT2D eigenvalue weighted by atomic mass is 10.1. The molecule has 0 bridgehead atoms. The maximum Gasteiger partial charge on any atom is 0.223 e. The van der Waals surface area contributed by atoms with Crippen LogP contribution in [0.2, 0.25) is 0 Å². The van der Waals surface area contributed by atoms with Crippen LogP contribution in [0, 0.1) is 11.7 Å². The van der Waals surface area contributed by atoms with Crippen LogP contribution in [0.5, 0.6) is 0 Å². The molecule has 0 aliphatic heterocycles. The number of nitrogens with zero attached hydrogens (tertiary/aromatic N) is 2. The van der Waals surface area contributed by atoms with E-state index in [1.165, 1.54) is 44.2 Å². The number of aromatic nitrogens is 2. The first-order valence-electron chi connectivity index (χ1n) is 13.9. The number of carbonyl (C=O) groups excluding carboxylic acids is 1. The van der Waals surface area contributed by atoms with Crippen molar-refractivity contribution in [1.82, 2.24) is 15.1 Å². The number of halogens is 1. The molecule has 3 N–H and O–H groups in total. The summed E-state index contributed by atoms with van der Waals surface area (Å²) >= 11 is 0. The quantitative estimate of drug-likeness (QED) is 0.238. The summed E-state index contributed by atoms with van der Waals surface area (Å²) in [7, 11) is -1.53. The van der Waals surface area contributed by atoms with Crippen molar-refractivity contribution in [1.29, 1.82) is 0 Å². The van der Waals surface area contributed by atoms with Crippen molar-refractivity contribution in [3.05, 3.63) is 66.1 Å². The van der Waals surface area contributed by atoms with E-state index in [0.29, 0.717) is 4.90 Å². The molecule has 1 aromatic heterocycles. The number of rotatable bonds is 14. The molecule has 1 fully saturated rings. The van der Waals surface area contributed by atoms with Crippen molar-refractivity contribution in [2.24, 2.45) is 11.1 Å².